The van der Waals surface area contributed by atoms with Crippen LogP contribution in [0, 0.1) is 17.5 Å². The highest BCUT2D eigenvalue weighted by Crippen LogP contribution is 2.30. The molecule has 0 fully saturated rings. The topological polar surface area (TPSA) is 26.0 Å². The van der Waals surface area contributed by atoms with Crippen molar-refractivity contribution < 1.29 is 13.2 Å². The molecule has 0 bridgehead atoms. The fourth-order valence-electron chi connectivity index (χ4n) is 1.70. The molecule has 0 amide bonds. The Morgan fingerprint density at radius 2 is 1.74 bits per heavy atom. The van der Waals surface area contributed by atoms with Gasteiger partial charge in [0.25, 0.3) is 0 Å². The lowest BCUT2D eigenvalue weighted by molar-refractivity contribution is 0.561. The Balaban J connectivity index is 2.53. The van der Waals surface area contributed by atoms with Crippen molar-refractivity contribution in [1.82, 2.24) is 0 Å². The number of hydrogen-bond acceptors (Lipinski definition) is 1. The van der Waals surface area contributed by atoms with Crippen LogP contribution in [-0.2, 0) is 0 Å². The third-order valence-corrected chi connectivity index (χ3v) is 3.59. The van der Waals surface area contributed by atoms with Gasteiger partial charge in [-0.2, -0.15) is 0 Å². The van der Waals surface area contributed by atoms with E-state index in [2.05, 4.69) is 15.9 Å². The van der Waals surface area contributed by atoms with Gasteiger partial charge in [0.1, 0.15) is 17.5 Å². The highest BCUT2D eigenvalue weighted by molar-refractivity contribution is 9.10. The molecule has 2 aromatic rings. The van der Waals surface area contributed by atoms with E-state index in [0.29, 0.717) is 0 Å². The molecule has 1 nitrogen and oxygen atoms in total. The van der Waals surface area contributed by atoms with Crippen LogP contribution in [0.2, 0.25) is 5.02 Å². The molecule has 0 aliphatic heterocycles. The van der Waals surface area contributed by atoms with E-state index in [0.717, 1.165) is 12.1 Å². The van der Waals surface area contributed by atoms with Gasteiger partial charge >= 0.3 is 0 Å². The van der Waals surface area contributed by atoms with Gasteiger partial charge in [0.05, 0.1) is 15.5 Å². The molecule has 0 saturated heterocycles. The Bertz CT molecular complexity index is 634. The van der Waals surface area contributed by atoms with Gasteiger partial charge in [-0.25, -0.2) is 13.2 Å². The minimum Gasteiger partial charge on any atom is -0.320 e. The highest BCUT2D eigenvalue weighted by atomic mass is 79.9. The fourth-order valence-corrected chi connectivity index (χ4v) is 2.24. The van der Waals surface area contributed by atoms with Crippen molar-refractivity contribution in [2.75, 3.05) is 0 Å². The number of nitrogens with two attached hydrogens (primary N) is 1. The van der Waals surface area contributed by atoms with Crippen LogP contribution in [0.15, 0.2) is 34.8 Å². The average Bonchev–Trinajstić information content (AvgIpc) is 2.36. The molecule has 2 N–H and O–H groups in total. The second kappa shape index (κ2) is 5.53. The molecule has 0 radical (unpaired) electrons. The third-order valence-electron chi connectivity index (χ3n) is 2.69. The van der Waals surface area contributed by atoms with Gasteiger partial charge in [0.15, 0.2) is 0 Å². The first-order valence-electron chi connectivity index (χ1n) is 5.25. The lowest BCUT2D eigenvalue weighted by Crippen LogP contribution is -2.16. The maximum absolute atomic E-state index is 13.9. The Hall–Kier alpha value is -1.04. The van der Waals surface area contributed by atoms with Crippen molar-refractivity contribution in [3.05, 3.63) is 68.4 Å². The molecule has 0 aromatic heterocycles. The monoisotopic (exact) mass is 349 g/mol. The van der Waals surface area contributed by atoms with Crippen LogP contribution >= 0.6 is 27.5 Å². The summed E-state index contributed by atoms with van der Waals surface area (Å²) in [5, 5.41) is -0.344. The molecule has 19 heavy (non-hydrogen) atoms. The second-order valence-corrected chi connectivity index (χ2v) is 5.17. The summed E-state index contributed by atoms with van der Waals surface area (Å²) in [5.41, 5.74) is 5.71. The minimum atomic E-state index is -1.12. The van der Waals surface area contributed by atoms with Gasteiger partial charge in [0, 0.05) is 11.1 Å². The van der Waals surface area contributed by atoms with Crippen molar-refractivity contribution in [3.63, 3.8) is 0 Å². The molecule has 0 aliphatic carbocycles. The van der Waals surface area contributed by atoms with E-state index in [-0.39, 0.29) is 20.6 Å². The molecular formula is C13H8BrClF3N. The smallest absolute Gasteiger partial charge is 0.142 e. The molecule has 0 aliphatic rings. The van der Waals surface area contributed by atoms with Crippen molar-refractivity contribution in [2.24, 2.45) is 5.73 Å². The zero-order valence-corrected chi connectivity index (χ0v) is 11.8. The van der Waals surface area contributed by atoms with Gasteiger partial charge in [-0.1, -0.05) is 23.7 Å². The SMILES string of the molecule is NC(c1cc(F)c(Cl)cc1F)c1cccc(Br)c1F. The number of hydrogen-bond donors (Lipinski definition) is 1. The van der Waals surface area contributed by atoms with Crippen molar-refractivity contribution in [3.8, 4) is 0 Å². The van der Waals surface area contributed by atoms with Crippen LogP contribution in [0.4, 0.5) is 13.2 Å². The number of benzene rings is 2. The summed E-state index contributed by atoms with van der Waals surface area (Å²) in [6.45, 7) is 0. The molecule has 2 rings (SSSR count). The Kier molecular flexibility index (Phi) is 4.18. The summed E-state index contributed by atoms with van der Waals surface area (Å²) in [5.74, 6) is -2.19. The predicted molar refractivity (Wildman–Crippen MR) is 71.5 cm³/mol. The largest absolute Gasteiger partial charge is 0.320 e. The molecule has 1 atom stereocenters. The zero-order chi connectivity index (χ0) is 14.2. The van der Waals surface area contributed by atoms with Crippen molar-refractivity contribution >= 4 is 27.5 Å². The van der Waals surface area contributed by atoms with Crippen molar-refractivity contribution in [2.45, 2.75) is 6.04 Å². The van der Waals surface area contributed by atoms with Gasteiger partial charge in [0.2, 0.25) is 0 Å². The van der Waals surface area contributed by atoms with E-state index in [1.807, 2.05) is 0 Å². The Morgan fingerprint density at radius 3 is 2.42 bits per heavy atom. The van der Waals surface area contributed by atoms with E-state index in [9.17, 15) is 13.2 Å². The van der Waals surface area contributed by atoms with E-state index < -0.39 is 23.5 Å². The summed E-state index contributed by atoms with van der Waals surface area (Å²) in [6, 6.07) is 5.04. The Morgan fingerprint density at radius 1 is 1.05 bits per heavy atom. The van der Waals surface area contributed by atoms with Crippen LogP contribution in [-0.4, -0.2) is 0 Å². The summed E-state index contributed by atoms with van der Waals surface area (Å²) >= 11 is 8.47. The second-order valence-electron chi connectivity index (χ2n) is 3.91. The van der Waals surface area contributed by atoms with Crippen LogP contribution in [0.1, 0.15) is 17.2 Å². The summed E-state index contributed by atoms with van der Waals surface area (Å²) in [7, 11) is 0. The molecule has 6 heteroatoms. The predicted octanol–water partition coefficient (Wildman–Crippen LogP) is 4.57. The maximum atomic E-state index is 13.9. The Labute approximate surface area is 121 Å². The average molecular weight is 351 g/mol. The molecule has 2 aromatic carbocycles. The maximum Gasteiger partial charge on any atom is 0.142 e. The first-order chi connectivity index (χ1) is 8.91. The lowest BCUT2D eigenvalue weighted by Gasteiger charge is -2.15. The van der Waals surface area contributed by atoms with Crippen LogP contribution in [0.3, 0.4) is 0 Å². The number of rotatable bonds is 2. The first kappa shape index (κ1) is 14.4. The molecule has 1 unspecified atom stereocenters. The van der Waals surface area contributed by atoms with E-state index in [1.54, 1.807) is 6.07 Å². The first-order valence-corrected chi connectivity index (χ1v) is 6.43. The van der Waals surface area contributed by atoms with Gasteiger partial charge in [-0.3, -0.25) is 0 Å². The van der Waals surface area contributed by atoms with E-state index in [1.165, 1.54) is 12.1 Å². The molecule has 0 saturated carbocycles. The zero-order valence-electron chi connectivity index (χ0n) is 9.43. The van der Waals surface area contributed by atoms with Gasteiger partial charge in [-0.05, 0) is 34.1 Å². The number of halogens is 5. The van der Waals surface area contributed by atoms with Crippen molar-refractivity contribution in [1.29, 1.82) is 0 Å². The highest BCUT2D eigenvalue weighted by Gasteiger charge is 2.20. The lowest BCUT2D eigenvalue weighted by atomic mass is 9.98. The van der Waals surface area contributed by atoms with Crippen LogP contribution < -0.4 is 5.73 Å². The van der Waals surface area contributed by atoms with Gasteiger partial charge in [-0.15, -0.1) is 0 Å². The van der Waals surface area contributed by atoms with Crippen LogP contribution in [0.25, 0.3) is 0 Å². The normalized spacial score (nSPS) is 12.5. The standard InChI is InChI=1S/C13H8BrClF3N/c14-8-3-1-2-6(12(8)18)13(19)7-4-11(17)9(15)5-10(7)16/h1-5,13H,19H2. The van der Waals surface area contributed by atoms with E-state index in [4.69, 9.17) is 17.3 Å². The molecule has 0 heterocycles. The molecule has 100 valence electrons. The minimum absolute atomic E-state index is 0.0648. The fraction of sp³-hybridized carbons (Fsp3) is 0.0769. The summed E-state index contributed by atoms with van der Waals surface area (Å²) in [6.07, 6.45) is 0. The quantitative estimate of drug-likeness (QED) is 0.789. The van der Waals surface area contributed by atoms with Gasteiger partial charge < -0.3 is 5.73 Å². The molecular weight excluding hydrogens is 343 g/mol. The van der Waals surface area contributed by atoms with E-state index >= 15 is 0 Å². The molecule has 0 spiro atoms. The summed E-state index contributed by atoms with van der Waals surface area (Å²) < 4.78 is 41.2. The summed E-state index contributed by atoms with van der Waals surface area (Å²) in [4.78, 5) is 0. The van der Waals surface area contributed by atoms with Crippen LogP contribution in [0.5, 0.6) is 0 Å². The third kappa shape index (κ3) is 2.78.